The molecule has 0 aliphatic rings. The first-order valence-corrected chi connectivity index (χ1v) is 3.39. The normalized spacial score (nSPS) is 9.73. The van der Waals surface area contributed by atoms with E-state index in [1.807, 2.05) is 13.0 Å². The van der Waals surface area contributed by atoms with Gasteiger partial charge in [0.1, 0.15) is 0 Å². The third-order valence-electron chi connectivity index (χ3n) is 1.44. The second-order valence-corrected chi connectivity index (χ2v) is 2.28. The van der Waals surface area contributed by atoms with Crippen LogP contribution in [-0.4, -0.2) is 17.2 Å². The summed E-state index contributed by atoms with van der Waals surface area (Å²) in [6.45, 7) is 1.85. The maximum Gasteiger partial charge on any atom is 0.218 e. The van der Waals surface area contributed by atoms with Gasteiger partial charge in [-0.25, -0.2) is 4.98 Å². The minimum Gasteiger partial charge on any atom is -0.481 e. The van der Waals surface area contributed by atoms with Gasteiger partial charge in [-0.05, 0) is 19.1 Å². The highest BCUT2D eigenvalue weighted by molar-refractivity contribution is 5.26. The number of hydrogen-bond acceptors (Lipinski definition) is 3. The lowest BCUT2D eigenvalue weighted by Crippen LogP contribution is -1.95. The fourth-order valence-corrected chi connectivity index (χ4v) is 0.859. The first-order chi connectivity index (χ1) is 5.27. The van der Waals surface area contributed by atoms with Gasteiger partial charge < -0.3 is 9.84 Å². The Morgan fingerprint density at radius 3 is 2.82 bits per heavy atom. The molecule has 0 atom stereocenters. The van der Waals surface area contributed by atoms with Crippen LogP contribution in [-0.2, 0) is 6.61 Å². The molecule has 3 heteroatoms. The van der Waals surface area contributed by atoms with Crippen LogP contribution in [0.4, 0.5) is 0 Å². The predicted octanol–water partition coefficient (Wildman–Crippen LogP) is 0.891. The minimum absolute atomic E-state index is 0.0313. The molecule has 0 aromatic carbocycles. The summed E-state index contributed by atoms with van der Waals surface area (Å²) in [5, 5.41) is 8.82. The van der Waals surface area contributed by atoms with Crippen LogP contribution in [0.3, 0.4) is 0 Å². The van der Waals surface area contributed by atoms with Crippen LogP contribution in [0, 0.1) is 6.92 Å². The van der Waals surface area contributed by atoms with Crippen LogP contribution in [0.2, 0.25) is 0 Å². The van der Waals surface area contributed by atoms with Crippen LogP contribution < -0.4 is 4.74 Å². The highest BCUT2D eigenvalue weighted by Crippen LogP contribution is 2.14. The fraction of sp³-hybridized carbons (Fsp3) is 0.375. The van der Waals surface area contributed by atoms with E-state index < -0.39 is 0 Å². The van der Waals surface area contributed by atoms with E-state index in [2.05, 4.69) is 4.98 Å². The number of pyridine rings is 1. The van der Waals surface area contributed by atoms with E-state index in [1.165, 1.54) is 0 Å². The average molecular weight is 153 g/mol. The Labute approximate surface area is 65.7 Å². The Balaban J connectivity index is 3.06. The molecular formula is C8H11NO2. The van der Waals surface area contributed by atoms with Crippen LogP contribution in [0.1, 0.15) is 11.3 Å². The topological polar surface area (TPSA) is 42.4 Å². The minimum atomic E-state index is -0.0313. The van der Waals surface area contributed by atoms with Gasteiger partial charge in [-0.3, -0.25) is 0 Å². The van der Waals surface area contributed by atoms with E-state index in [0.717, 1.165) is 11.3 Å². The summed E-state index contributed by atoms with van der Waals surface area (Å²) < 4.78 is 4.95. The maximum atomic E-state index is 8.82. The first-order valence-electron chi connectivity index (χ1n) is 3.39. The van der Waals surface area contributed by atoms with Crippen molar-refractivity contribution in [2.24, 2.45) is 0 Å². The summed E-state index contributed by atoms with van der Waals surface area (Å²) >= 11 is 0. The molecule has 1 N–H and O–H groups in total. The quantitative estimate of drug-likeness (QED) is 0.686. The third kappa shape index (κ3) is 1.68. The van der Waals surface area contributed by atoms with Gasteiger partial charge in [0, 0.05) is 11.3 Å². The molecule has 60 valence electrons. The molecule has 11 heavy (non-hydrogen) atoms. The maximum absolute atomic E-state index is 8.82. The van der Waals surface area contributed by atoms with Gasteiger partial charge in [-0.2, -0.15) is 0 Å². The SMILES string of the molecule is COc1nc(C)ccc1CO. The molecule has 1 heterocycles. The van der Waals surface area contributed by atoms with E-state index in [9.17, 15) is 0 Å². The van der Waals surface area contributed by atoms with Crippen molar-refractivity contribution < 1.29 is 9.84 Å². The molecule has 0 bridgehead atoms. The van der Waals surface area contributed by atoms with E-state index in [-0.39, 0.29) is 6.61 Å². The number of methoxy groups -OCH3 is 1. The van der Waals surface area contributed by atoms with Crippen molar-refractivity contribution in [2.45, 2.75) is 13.5 Å². The van der Waals surface area contributed by atoms with Gasteiger partial charge in [0.2, 0.25) is 5.88 Å². The first kappa shape index (κ1) is 8.01. The molecule has 0 aliphatic carbocycles. The Morgan fingerprint density at radius 1 is 1.55 bits per heavy atom. The number of aliphatic hydroxyl groups excluding tert-OH is 1. The second kappa shape index (κ2) is 3.34. The van der Waals surface area contributed by atoms with Crippen LogP contribution in [0.25, 0.3) is 0 Å². The van der Waals surface area contributed by atoms with Crippen molar-refractivity contribution in [2.75, 3.05) is 7.11 Å². The van der Waals surface area contributed by atoms with Gasteiger partial charge in [-0.1, -0.05) is 0 Å². The zero-order chi connectivity index (χ0) is 8.27. The monoisotopic (exact) mass is 153 g/mol. The average Bonchev–Trinajstić information content (AvgIpc) is 2.04. The van der Waals surface area contributed by atoms with Crippen molar-refractivity contribution in [3.63, 3.8) is 0 Å². The standard InChI is InChI=1S/C8H11NO2/c1-6-3-4-7(5-10)8(9-6)11-2/h3-4,10H,5H2,1-2H3. The van der Waals surface area contributed by atoms with Crippen molar-refractivity contribution in [3.8, 4) is 5.88 Å². The molecular weight excluding hydrogens is 142 g/mol. The zero-order valence-corrected chi connectivity index (χ0v) is 6.66. The van der Waals surface area contributed by atoms with Crippen molar-refractivity contribution in [1.29, 1.82) is 0 Å². The van der Waals surface area contributed by atoms with Crippen LogP contribution in [0.15, 0.2) is 12.1 Å². The Hall–Kier alpha value is -1.09. The van der Waals surface area contributed by atoms with Crippen molar-refractivity contribution in [3.05, 3.63) is 23.4 Å². The summed E-state index contributed by atoms with van der Waals surface area (Å²) in [6, 6.07) is 3.65. The van der Waals surface area contributed by atoms with Crippen LogP contribution in [0.5, 0.6) is 5.88 Å². The lowest BCUT2D eigenvalue weighted by atomic mass is 10.2. The van der Waals surface area contributed by atoms with Gasteiger partial charge in [0.25, 0.3) is 0 Å². The molecule has 0 unspecified atom stereocenters. The predicted molar refractivity (Wildman–Crippen MR) is 41.4 cm³/mol. The van der Waals surface area contributed by atoms with Gasteiger partial charge in [0.05, 0.1) is 13.7 Å². The zero-order valence-electron chi connectivity index (χ0n) is 6.66. The number of hydrogen-bond donors (Lipinski definition) is 1. The highest BCUT2D eigenvalue weighted by atomic mass is 16.5. The van der Waals surface area contributed by atoms with Gasteiger partial charge >= 0.3 is 0 Å². The van der Waals surface area contributed by atoms with E-state index >= 15 is 0 Å². The number of nitrogens with zero attached hydrogens (tertiary/aromatic N) is 1. The van der Waals surface area contributed by atoms with Crippen LogP contribution >= 0.6 is 0 Å². The molecule has 3 nitrogen and oxygen atoms in total. The number of rotatable bonds is 2. The Morgan fingerprint density at radius 2 is 2.27 bits per heavy atom. The molecule has 0 spiro atoms. The number of aromatic nitrogens is 1. The number of aliphatic hydroxyl groups is 1. The molecule has 0 aliphatic heterocycles. The summed E-state index contributed by atoms with van der Waals surface area (Å²) in [5.41, 5.74) is 1.61. The molecule has 1 rings (SSSR count). The van der Waals surface area contributed by atoms with Gasteiger partial charge in [0.15, 0.2) is 0 Å². The number of ether oxygens (including phenoxy) is 1. The summed E-state index contributed by atoms with van der Waals surface area (Å²) in [4.78, 5) is 4.08. The summed E-state index contributed by atoms with van der Waals surface area (Å²) in [5.74, 6) is 0.507. The Bertz CT molecular complexity index is 248. The van der Waals surface area contributed by atoms with Gasteiger partial charge in [-0.15, -0.1) is 0 Å². The van der Waals surface area contributed by atoms with Crippen molar-refractivity contribution in [1.82, 2.24) is 4.98 Å². The number of aryl methyl sites for hydroxylation is 1. The molecule has 1 aromatic rings. The smallest absolute Gasteiger partial charge is 0.218 e. The molecule has 0 saturated heterocycles. The van der Waals surface area contributed by atoms with E-state index in [4.69, 9.17) is 9.84 Å². The third-order valence-corrected chi connectivity index (χ3v) is 1.44. The molecule has 0 fully saturated rings. The molecule has 0 radical (unpaired) electrons. The lowest BCUT2D eigenvalue weighted by Gasteiger charge is -2.04. The second-order valence-electron chi connectivity index (χ2n) is 2.28. The molecule has 1 aromatic heterocycles. The summed E-state index contributed by atoms with van der Waals surface area (Å²) in [7, 11) is 1.54. The van der Waals surface area contributed by atoms with E-state index in [0.29, 0.717) is 5.88 Å². The lowest BCUT2D eigenvalue weighted by molar-refractivity contribution is 0.271. The fourth-order valence-electron chi connectivity index (χ4n) is 0.859. The largest absolute Gasteiger partial charge is 0.481 e. The highest BCUT2D eigenvalue weighted by Gasteiger charge is 2.01. The van der Waals surface area contributed by atoms with Crippen molar-refractivity contribution >= 4 is 0 Å². The Kier molecular flexibility index (Phi) is 2.44. The summed E-state index contributed by atoms with van der Waals surface area (Å²) in [6.07, 6.45) is 0. The molecule has 0 amide bonds. The molecule has 0 saturated carbocycles. The van der Waals surface area contributed by atoms with E-state index in [1.54, 1.807) is 13.2 Å².